The summed E-state index contributed by atoms with van der Waals surface area (Å²) >= 11 is 0. The van der Waals surface area contributed by atoms with Gasteiger partial charge < -0.3 is 10.6 Å². The van der Waals surface area contributed by atoms with Gasteiger partial charge in [0, 0.05) is 24.8 Å². The molecule has 0 spiro atoms. The van der Waals surface area contributed by atoms with Crippen LogP contribution in [0.15, 0.2) is 24.3 Å². The summed E-state index contributed by atoms with van der Waals surface area (Å²) in [6, 6.07) is 5.76. The third-order valence-corrected chi connectivity index (χ3v) is 5.11. The molecule has 0 aromatic heterocycles. The Hall–Kier alpha value is -1.93. The molecule has 0 unspecified atom stereocenters. The Morgan fingerprint density at radius 1 is 1.17 bits per heavy atom. The number of carbonyl (C=O) groups excluding carboxylic acids is 2. The number of hydrogen-bond donors (Lipinski definition) is 2. The fraction of sp³-hybridized carbons (Fsp3) is 0.467. The molecule has 1 aromatic carbocycles. The van der Waals surface area contributed by atoms with Gasteiger partial charge in [-0.25, -0.2) is 8.42 Å². The van der Waals surface area contributed by atoms with Gasteiger partial charge in [0.05, 0.1) is 6.26 Å². The number of hydrogen-bond acceptors (Lipinski definition) is 4. The molecule has 1 aliphatic heterocycles. The standard InChI is InChI=1S/C15H21N3O4S/c1-16-14(19)11-6-8-12(9-7-11)17-15(20)13-5-3-4-10-18(13)23(2,21)22/h6-9,13H,3-5,10H2,1-2H3,(H,16,19)(H,17,20)/t13-/m1/s1. The van der Waals surface area contributed by atoms with Crippen molar-refractivity contribution < 1.29 is 18.0 Å². The quantitative estimate of drug-likeness (QED) is 0.848. The Balaban J connectivity index is 2.09. The van der Waals surface area contributed by atoms with Crippen LogP contribution >= 0.6 is 0 Å². The molecule has 0 radical (unpaired) electrons. The van der Waals surface area contributed by atoms with Crippen molar-refractivity contribution in [3.8, 4) is 0 Å². The summed E-state index contributed by atoms with van der Waals surface area (Å²) in [5.74, 6) is -0.554. The van der Waals surface area contributed by atoms with E-state index in [1.54, 1.807) is 31.3 Å². The van der Waals surface area contributed by atoms with Gasteiger partial charge in [-0.05, 0) is 37.1 Å². The second-order valence-electron chi connectivity index (χ2n) is 5.53. The van der Waals surface area contributed by atoms with Crippen molar-refractivity contribution >= 4 is 27.5 Å². The first-order chi connectivity index (χ1) is 10.8. The van der Waals surface area contributed by atoms with Crippen LogP contribution in [0.25, 0.3) is 0 Å². The van der Waals surface area contributed by atoms with Crippen LogP contribution < -0.4 is 10.6 Å². The van der Waals surface area contributed by atoms with Crippen molar-refractivity contribution in [3.05, 3.63) is 29.8 Å². The first-order valence-corrected chi connectivity index (χ1v) is 9.27. The van der Waals surface area contributed by atoms with E-state index < -0.39 is 16.1 Å². The molecule has 2 N–H and O–H groups in total. The van der Waals surface area contributed by atoms with Gasteiger partial charge >= 0.3 is 0 Å². The lowest BCUT2D eigenvalue weighted by molar-refractivity contribution is -0.120. The molecule has 1 fully saturated rings. The summed E-state index contributed by atoms with van der Waals surface area (Å²) in [7, 11) is -1.87. The number of sulfonamides is 1. The van der Waals surface area contributed by atoms with Gasteiger partial charge in [0.2, 0.25) is 15.9 Å². The van der Waals surface area contributed by atoms with Gasteiger partial charge in [0.25, 0.3) is 5.91 Å². The normalized spacial score (nSPS) is 19.1. The molecule has 7 nitrogen and oxygen atoms in total. The maximum atomic E-state index is 12.4. The second-order valence-corrected chi connectivity index (χ2v) is 7.47. The molecule has 1 saturated heterocycles. The van der Waals surface area contributed by atoms with Crippen molar-refractivity contribution in [2.75, 3.05) is 25.2 Å². The summed E-state index contributed by atoms with van der Waals surface area (Å²) in [5, 5.41) is 5.24. The van der Waals surface area contributed by atoms with Gasteiger partial charge in [-0.1, -0.05) is 6.42 Å². The lowest BCUT2D eigenvalue weighted by atomic mass is 10.0. The highest BCUT2D eigenvalue weighted by Crippen LogP contribution is 2.21. The van der Waals surface area contributed by atoms with Crippen molar-refractivity contribution in [3.63, 3.8) is 0 Å². The number of amides is 2. The van der Waals surface area contributed by atoms with Crippen LogP contribution in [0.1, 0.15) is 29.6 Å². The molecule has 1 aliphatic rings. The predicted molar refractivity (Wildman–Crippen MR) is 87.7 cm³/mol. The molecule has 2 amide bonds. The minimum atomic E-state index is -3.41. The largest absolute Gasteiger partial charge is 0.355 e. The molecule has 1 aromatic rings. The molecule has 2 rings (SSSR count). The summed E-state index contributed by atoms with van der Waals surface area (Å²) < 4.78 is 24.9. The van der Waals surface area contributed by atoms with Crippen molar-refractivity contribution in [2.45, 2.75) is 25.3 Å². The first kappa shape index (κ1) is 17.4. The van der Waals surface area contributed by atoms with Crippen LogP contribution in [0.5, 0.6) is 0 Å². The van der Waals surface area contributed by atoms with Crippen molar-refractivity contribution in [1.29, 1.82) is 0 Å². The van der Waals surface area contributed by atoms with E-state index in [2.05, 4.69) is 10.6 Å². The smallest absolute Gasteiger partial charge is 0.251 e. The number of piperidine rings is 1. The number of anilines is 1. The number of nitrogens with zero attached hydrogens (tertiary/aromatic N) is 1. The Morgan fingerprint density at radius 2 is 1.83 bits per heavy atom. The SMILES string of the molecule is CNC(=O)c1ccc(NC(=O)[C@H]2CCCCN2S(C)(=O)=O)cc1. The van der Waals surface area contributed by atoms with Gasteiger partial charge in [0.15, 0.2) is 0 Å². The highest BCUT2D eigenvalue weighted by molar-refractivity contribution is 7.88. The monoisotopic (exact) mass is 339 g/mol. The Kier molecular flexibility index (Phi) is 5.38. The molecular formula is C15H21N3O4S. The zero-order chi connectivity index (χ0) is 17.0. The average Bonchev–Trinajstić information content (AvgIpc) is 2.54. The summed E-state index contributed by atoms with van der Waals surface area (Å²) in [5.41, 5.74) is 1.02. The maximum Gasteiger partial charge on any atom is 0.251 e. The minimum Gasteiger partial charge on any atom is -0.355 e. The summed E-state index contributed by atoms with van der Waals surface area (Å²) in [6.45, 7) is 0.368. The second kappa shape index (κ2) is 7.10. The number of carbonyl (C=O) groups is 2. The molecule has 0 bridgehead atoms. The molecule has 1 heterocycles. The van der Waals surface area contributed by atoms with E-state index >= 15 is 0 Å². The highest BCUT2D eigenvalue weighted by Gasteiger charge is 2.34. The highest BCUT2D eigenvalue weighted by atomic mass is 32.2. The van der Waals surface area contributed by atoms with Crippen LogP contribution in [-0.4, -0.2) is 50.4 Å². The van der Waals surface area contributed by atoms with Crippen LogP contribution in [0, 0.1) is 0 Å². The van der Waals surface area contributed by atoms with Crippen molar-refractivity contribution in [1.82, 2.24) is 9.62 Å². The Bertz CT molecular complexity index is 685. The third-order valence-electron chi connectivity index (χ3n) is 3.82. The average molecular weight is 339 g/mol. The number of rotatable bonds is 4. The van der Waals surface area contributed by atoms with E-state index in [-0.39, 0.29) is 11.8 Å². The van der Waals surface area contributed by atoms with E-state index in [0.717, 1.165) is 19.1 Å². The Morgan fingerprint density at radius 3 is 2.39 bits per heavy atom. The van der Waals surface area contributed by atoms with Gasteiger partial charge in [-0.15, -0.1) is 0 Å². The van der Waals surface area contributed by atoms with E-state index in [1.807, 2.05) is 0 Å². The zero-order valence-electron chi connectivity index (χ0n) is 13.2. The van der Waals surface area contributed by atoms with Gasteiger partial charge in [-0.3, -0.25) is 9.59 Å². The van der Waals surface area contributed by atoms with E-state index in [4.69, 9.17) is 0 Å². The maximum absolute atomic E-state index is 12.4. The summed E-state index contributed by atoms with van der Waals surface area (Å²) in [6.07, 6.45) is 3.21. The van der Waals surface area contributed by atoms with E-state index in [9.17, 15) is 18.0 Å². The number of nitrogens with one attached hydrogen (secondary N) is 2. The lowest BCUT2D eigenvalue weighted by Gasteiger charge is -2.32. The fourth-order valence-electron chi connectivity index (χ4n) is 2.64. The van der Waals surface area contributed by atoms with Gasteiger partial charge in [0.1, 0.15) is 6.04 Å². The van der Waals surface area contributed by atoms with Crippen LogP contribution in [0.3, 0.4) is 0 Å². The molecule has 0 aliphatic carbocycles. The number of benzene rings is 1. The van der Waals surface area contributed by atoms with E-state index in [0.29, 0.717) is 24.2 Å². The molecule has 1 atom stereocenters. The van der Waals surface area contributed by atoms with Crippen LogP contribution in [0.2, 0.25) is 0 Å². The van der Waals surface area contributed by atoms with Crippen LogP contribution in [0.4, 0.5) is 5.69 Å². The molecular weight excluding hydrogens is 318 g/mol. The molecule has 8 heteroatoms. The first-order valence-electron chi connectivity index (χ1n) is 7.43. The van der Waals surface area contributed by atoms with Gasteiger partial charge in [-0.2, -0.15) is 4.31 Å². The fourth-order valence-corrected chi connectivity index (χ4v) is 3.76. The Labute approximate surface area is 136 Å². The minimum absolute atomic E-state index is 0.210. The summed E-state index contributed by atoms with van der Waals surface area (Å²) in [4.78, 5) is 23.9. The zero-order valence-corrected chi connectivity index (χ0v) is 14.0. The molecule has 23 heavy (non-hydrogen) atoms. The third kappa shape index (κ3) is 4.29. The topological polar surface area (TPSA) is 95.6 Å². The molecule has 0 saturated carbocycles. The molecule has 126 valence electrons. The lowest BCUT2D eigenvalue weighted by Crippen LogP contribution is -2.49. The van der Waals surface area contributed by atoms with Crippen molar-refractivity contribution in [2.24, 2.45) is 0 Å². The van der Waals surface area contributed by atoms with E-state index in [1.165, 1.54) is 4.31 Å². The van der Waals surface area contributed by atoms with Crippen LogP contribution in [-0.2, 0) is 14.8 Å². The predicted octanol–water partition coefficient (Wildman–Crippen LogP) is 0.799.